The first-order chi connectivity index (χ1) is 23.0. The Labute approximate surface area is 291 Å². The van der Waals surface area contributed by atoms with Crippen molar-refractivity contribution in [3.63, 3.8) is 0 Å². The van der Waals surface area contributed by atoms with Gasteiger partial charge in [-0.15, -0.1) is 11.3 Å². The molecule has 0 bridgehead atoms. The first kappa shape index (κ1) is 33.0. The molecule has 1 aliphatic heterocycles. The normalized spacial score (nSPS) is 16.6. The summed E-state index contributed by atoms with van der Waals surface area (Å²) in [4.78, 5) is 23.8. The molecule has 1 saturated heterocycles. The summed E-state index contributed by atoms with van der Waals surface area (Å²) >= 11 is 7.97. The van der Waals surface area contributed by atoms with Crippen LogP contribution in [0.25, 0.3) is 42.8 Å². The molecule has 48 heavy (non-hydrogen) atoms. The standard InChI is InChI=1S/C38H44ClN5O3S/c1-7-46-37(45)33(47-38(3,4)5)31-23(2)20-29-34(32(31)25-10-13-27(39)14-11-25)48-36(40-29)26-12-15-30-28(21-26)35(41-42(30)6)44-18-16-43(17-19-44)22-24-8-9-24/h10-15,20-21,24,33H,7-9,16-19,22H2,1-6H3/t33-/m0/s1. The van der Waals surface area contributed by atoms with E-state index in [1.807, 2.05) is 70.6 Å². The Morgan fingerprint density at radius 2 is 1.75 bits per heavy atom. The molecule has 8 nitrogen and oxygen atoms in total. The summed E-state index contributed by atoms with van der Waals surface area (Å²) in [6.07, 6.45) is 1.86. The minimum atomic E-state index is -0.912. The summed E-state index contributed by atoms with van der Waals surface area (Å²) in [5.41, 5.74) is 5.99. The molecule has 5 aromatic rings. The van der Waals surface area contributed by atoms with E-state index in [9.17, 15) is 4.79 Å². The topological polar surface area (TPSA) is 72.7 Å². The van der Waals surface area contributed by atoms with Crippen LogP contribution in [0, 0.1) is 12.8 Å². The maximum absolute atomic E-state index is 13.5. The van der Waals surface area contributed by atoms with E-state index in [1.165, 1.54) is 19.4 Å². The lowest BCUT2D eigenvalue weighted by atomic mass is 9.91. The van der Waals surface area contributed by atoms with E-state index in [-0.39, 0.29) is 6.61 Å². The molecule has 10 heteroatoms. The molecule has 0 unspecified atom stereocenters. The van der Waals surface area contributed by atoms with Crippen LogP contribution in [0.2, 0.25) is 5.02 Å². The summed E-state index contributed by atoms with van der Waals surface area (Å²) in [5.74, 6) is 1.54. The summed E-state index contributed by atoms with van der Waals surface area (Å²) in [5, 5.41) is 7.69. The average Bonchev–Trinajstić information content (AvgIpc) is 3.67. The van der Waals surface area contributed by atoms with Gasteiger partial charge in [-0.2, -0.15) is 5.10 Å². The number of carbonyl (C=O) groups is 1. The fourth-order valence-corrected chi connectivity index (χ4v) is 8.04. The van der Waals surface area contributed by atoms with Crippen molar-refractivity contribution in [1.82, 2.24) is 19.7 Å². The highest BCUT2D eigenvalue weighted by Crippen LogP contribution is 2.45. The van der Waals surface area contributed by atoms with Crippen LogP contribution in [-0.4, -0.2) is 70.6 Å². The number of nitrogens with zero attached hydrogens (tertiary/aromatic N) is 5. The third kappa shape index (κ3) is 6.70. The van der Waals surface area contributed by atoms with E-state index in [4.69, 9.17) is 31.2 Å². The summed E-state index contributed by atoms with van der Waals surface area (Å²) in [6, 6.07) is 16.4. The second-order valence-electron chi connectivity index (χ2n) is 14.1. The lowest BCUT2D eigenvalue weighted by molar-refractivity contribution is -0.166. The van der Waals surface area contributed by atoms with E-state index >= 15 is 0 Å². The van der Waals surface area contributed by atoms with Crippen LogP contribution in [0.3, 0.4) is 0 Å². The number of halogens is 1. The predicted molar refractivity (Wildman–Crippen MR) is 196 cm³/mol. The number of piperazine rings is 1. The fraction of sp³-hybridized carbons (Fsp3) is 0.447. The van der Waals surface area contributed by atoms with Gasteiger partial charge in [0.15, 0.2) is 11.9 Å². The number of esters is 1. The van der Waals surface area contributed by atoms with Crippen LogP contribution >= 0.6 is 22.9 Å². The lowest BCUT2D eigenvalue weighted by Gasteiger charge is -2.35. The molecule has 0 radical (unpaired) electrons. The van der Waals surface area contributed by atoms with Gasteiger partial charge in [0.05, 0.1) is 27.9 Å². The Balaban J connectivity index is 1.33. The molecule has 1 saturated carbocycles. The number of hydrogen-bond donors (Lipinski definition) is 0. The van der Waals surface area contributed by atoms with E-state index in [0.29, 0.717) is 5.02 Å². The SMILES string of the molecule is CCOC(=O)[C@@H](OC(C)(C)C)c1c(C)cc2nc(-c3ccc4c(c3)c(N3CCN(CC5CC5)CC3)nn4C)sc2c1-c1ccc(Cl)cc1. The van der Waals surface area contributed by atoms with Gasteiger partial charge in [-0.05, 0) is 101 Å². The predicted octanol–water partition coefficient (Wildman–Crippen LogP) is 8.43. The van der Waals surface area contributed by atoms with Crippen molar-refractivity contribution in [1.29, 1.82) is 0 Å². The number of carbonyl (C=O) groups excluding carboxylic acids is 1. The van der Waals surface area contributed by atoms with Crippen LogP contribution in [0.1, 0.15) is 57.8 Å². The van der Waals surface area contributed by atoms with Crippen LogP contribution in [0.4, 0.5) is 5.82 Å². The zero-order valence-electron chi connectivity index (χ0n) is 28.7. The highest BCUT2D eigenvalue weighted by atomic mass is 35.5. The molecular formula is C38H44ClN5O3S. The van der Waals surface area contributed by atoms with Gasteiger partial charge in [0.25, 0.3) is 0 Å². The number of benzene rings is 3. The summed E-state index contributed by atoms with van der Waals surface area (Å²) in [6.45, 7) is 15.3. The molecule has 1 aliphatic carbocycles. The van der Waals surface area contributed by atoms with Crippen molar-refractivity contribution in [3.05, 3.63) is 64.7 Å². The zero-order chi connectivity index (χ0) is 33.7. The van der Waals surface area contributed by atoms with Gasteiger partial charge in [0, 0.05) is 66.9 Å². The van der Waals surface area contributed by atoms with Crippen molar-refractivity contribution >= 4 is 55.8 Å². The highest BCUT2D eigenvalue weighted by Gasteiger charge is 2.34. The van der Waals surface area contributed by atoms with Gasteiger partial charge in [0.2, 0.25) is 0 Å². The number of hydrogen-bond acceptors (Lipinski definition) is 8. The summed E-state index contributed by atoms with van der Waals surface area (Å²) in [7, 11) is 2.02. The number of anilines is 1. The number of aryl methyl sites for hydroxylation is 2. The number of rotatable bonds is 9. The van der Waals surface area contributed by atoms with Crippen molar-refractivity contribution in [2.45, 2.75) is 59.2 Å². The molecule has 2 aromatic heterocycles. The maximum atomic E-state index is 13.5. The summed E-state index contributed by atoms with van der Waals surface area (Å²) < 4.78 is 15.0. The van der Waals surface area contributed by atoms with Crippen molar-refractivity contribution in [2.24, 2.45) is 13.0 Å². The molecule has 0 spiro atoms. The Morgan fingerprint density at radius 3 is 2.42 bits per heavy atom. The molecule has 0 N–H and O–H groups in total. The first-order valence-electron chi connectivity index (χ1n) is 17.0. The largest absolute Gasteiger partial charge is 0.464 e. The fourth-order valence-electron chi connectivity index (χ4n) is 6.79. The smallest absolute Gasteiger partial charge is 0.339 e. The van der Waals surface area contributed by atoms with E-state index in [2.05, 4.69) is 34.1 Å². The lowest BCUT2D eigenvalue weighted by Crippen LogP contribution is -2.47. The average molecular weight is 686 g/mol. The van der Waals surface area contributed by atoms with Crippen LogP contribution in [0.15, 0.2) is 48.5 Å². The van der Waals surface area contributed by atoms with Gasteiger partial charge in [-0.1, -0.05) is 23.7 Å². The minimum Gasteiger partial charge on any atom is -0.464 e. The van der Waals surface area contributed by atoms with Gasteiger partial charge in [-0.3, -0.25) is 9.58 Å². The number of ether oxygens (including phenoxy) is 2. The van der Waals surface area contributed by atoms with Crippen molar-refractivity contribution in [3.8, 4) is 21.7 Å². The second kappa shape index (κ2) is 13.1. The molecule has 1 atom stereocenters. The Hall–Kier alpha value is -3.50. The van der Waals surface area contributed by atoms with E-state index in [1.54, 1.807) is 11.3 Å². The molecule has 0 amide bonds. The third-order valence-corrected chi connectivity index (χ3v) is 10.6. The van der Waals surface area contributed by atoms with E-state index < -0.39 is 17.7 Å². The number of aromatic nitrogens is 3. The van der Waals surface area contributed by atoms with Gasteiger partial charge < -0.3 is 14.4 Å². The number of fused-ring (bicyclic) bond motifs is 2. The molecule has 2 fully saturated rings. The molecule has 2 aliphatic rings. The van der Waals surface area contributed by atoms with Gasteiger partial charge in [0.1, 0.15) is 5.01 Å². The van der Waals surface area contributed by atoms with Gasteiger partial charge >= 0.3 is 5.97 Å². The highest BCUT2D eigenvalue weighted by molar-refractivity contribution is 7.22. The van der Waals surface area contributed by atoms with Crippen LogP contribution in [0.5, 0.6) is 0 Å². The van der Waals surface area contributed by atoms with Gasteiger partial charge in [-0.25, -0.2) is 9.78 Å². The third-order valence-electron chi connectivity index (χ3n) is 9.26. The minimum absolute atomic E-state index is 0.264. The Kier molecular flexibility index (Phi) is 9.00. The van der Waals surface area contributed by atoms with Crippen LogP contribution < -0.4 is 4.90 Å². The second-order valence-corrected chi connectivity index (χ2v) is 15.6. The molecule has 7 rings (SSSR count). The monoisotopic (exact) mass is 685 g/mol. The molecule has 252 valence electrons. The molecule has 3 heterocycles. The maximum Gasteiger partial charge on any atom is 0.339 e. The van der Waals surface area contributed by atoms with Crippen LogP contribution in [-0.2, 0) is 21.3 Å². The quantitative estimate of drug-likeness (QED) is 0.144. The number of thiazole rings is 1. The van der Waals surface area contributed by atoms with Crippen molar-refractivity contribution in [2.75, 3.05) is 44.2 Å². The van der Waals surface area contributed by atoms with Crippen molar-refractivity contribution < 1.29 is 14.3 Å². The Bertz CT molecular complexity index is 1970. The Morgan fingerprint density at radius 1 is 1.04 bits per heavy atom. The molecule has 3 aromatic carbocycles. The first-order valence-corrected chi connectivity index (χ1v) is 18.2. The zero-order valence-corrected chi connectivity index (χ0v) is 30.2. The van der Waals surface area contributed by atoms with E-state index in [0.717, 1.165) is 91.9 Å². The molecular weight excluding hydrogens is 642 g/mol.